The second kappa shape index (κ2) is 16.1. The van der Waals surface area contributed by atoms with Gasteiger partial charge in [0.1, 0.15) is 0 Å². The quantitative estimate of drug-likeness (QED) is 0.196. The van der Waals surface area contributed by atoms with E-state index < -0.39 is 0 Å². The van der Waals surface area contributed by atoms with Gasteiger partial charge in [0.25, 0.3) is 0 Å². The van der Waals surface area contributed by atoms with Crippen molar-refractivity contribution < 1.29 is 24.5 Å². The van der Waals surface area contributed by atoms with Gasteiger partial charge in [-0.15, -0.1) is 0 Å². The van der Waals surface area contributed by atoms with Crippen molar-refractivity contribution in [1.29, 1.82) is 0 Å². The molecular weight excluding hydrogens is 446 g/mol. The first kappa shape index (κ1) is 31.3. The minimum Gasteiger partial charge on any atom is -0.494 e. The molecule has 8 heteroatoms. The Balaban J connectivity index is 2.33. The smallest absolute Gasteiger partial charge is 0.219 e. The predicted molar refractivity (Wildman–Crippen MR) is 141 cm³/mol. The van der Waals surface area contributed by atoms with E-state index in [0.717, 1.165) is 57.9 Å². The molecule has 4 N–H and O–H groups in total. The molecule has 0 radical (unpaired) electrons. The number of carbonyl (C=O) groups excluding carboxylic acids is 1. The lowest BCUT2D eigenvalue weighted by molar-refractivity contribution is -0.121. The van der Waals surface area contributed by atoms with Gasteiger partial charge in [-0.1, -0.05) is 20.3 Å². The average Bonchev–Trinajstić information content (AvgIpc) is 3.06. The number of aromatic nitrogens is 1. The Hall–Kier alpha value is -1.77. The number of hydrogen-bond donors (Lipinski definition) is 4. The third kappa shape index (κ3) is 11.7. The van der Waals surface area contributed by atoms with Crippen molar-refractivity contribution >= 4 is 5.91 Å². The maximum Gasteiger partial charge on any atom is 0.219 e. The number of nitrogens with zero attached hydrogens (tertiary/aromatic N) is 1. The molecule has 1 amide bonds. The molecule has 0 unspecified atom stereocenters. The lowest BCUT2D eigenvalue weighted by Crippen LogP contribution is -2.36. The Bertz CT molecular complexity index is 729. The van der Waals surface area contributed by atoms with Crippen molar-refractivity contribution in [2.75, 3.05) is 33.4 Å². The summed E-state index contributed by atoms with van der Waals surface area (Å²) in [5, 5.41) is 26.2. The molecule has 0 aliphatic carbocycles. The molecule has 204 valence electrons. The molecule has 0 aliphatic rings. The number of hydrogen-bond acceptors (Lipinski definition) is 6. The van der Waals surface area contributed by atoms with Gasteiger partial charge in [-0.05, 0) is 79.3 Å². The van der Waals surface area contributed by atoms with Gasteiger partial charge in [0, 0.05) is 24.6 Å². The molecule has 8 nitrogen and oxygen atoms in total. The van der Waals surface area contributed by atoms with Crippen LogP contribution in [0.1, 0.15) is 91.0 Å². The first-order valence-corrected chi connectivity index (χ1v) is 13.4. The maximum absolute atomic E-state index is 12.0. The summed E-state index contributed by atoms with van der Waals surface area (Å²) in [5.74, 6) is 0.265. The number of aromatic hydroxyl groups is 2. The van der Waals surface area contributed by atoms with Crippen LogP contribution in [0, 0.1) is 6.92 Å². The van der Waals surface area contributed by atoms with Gasteiger partial charge in [-0.3, -0.25) is 9.36 Å². The fraction of sp³-hybridized carbons (Fsp3) is 0.815. The molecule has 1 aromatic heterocycles. The zero-order valence-corrected chi connectivity index (χ0v) is 23.0. The molecule has 35 heavy (non-hydrogen) atoms. The number of ether oxygens (including phenoxy) is 2. The number of aryl methyl sites for hydroxylation is 1. The molecule has 0 fully saturated rings. The van der Waals surface area contributed by atoms with Crippen LogP contribution in [0.15, 0.2) is 6.07 Å². The van der Waals surface area contributed by atoms with Crippen LogP contribution in [0.25, 0.3) is 0 Å². The van der Waals surface area contributed by atoms with E-state index in [-0.39, 0.29) is 28.9 Å². The van der Waals surface area contributed by atoms with E-state index in [9.17, 15) is 15.0 Å². The van der Waals surface area contributed by atoms with Gasteiger partial charge in [0.15, 0.2) is 11.8 Å². The summed E-state index contributed by atoms with van der Waals surface area (Å²) in [6.07, 6.45) is 7.96. The van der Waals surface area contributed by atoms with Crippen LogP contribution in [0.2, 0.25) is 0 Å². The molecule has 0 saturated heterocycles. The van der Waals surface area contributed by atoms with Crippen LogP contribution < -0.4 is 10.6 Å². The Morgan fingerprint density at radius 3 is 2.31 bits per heavy atom. The van der Waals surface area contributed by atoms with E-state index in [1.807, 2.05) is 7.05 Å². The summed E-state index contributed by atoms with van der Waals surface area (Å²) in [6, 6.07) is 1.55. The van der Waals surface area contributed by atoms with E-state index in [4.69, 9.17) is 9.47 Å². The zero-order valence-electron chi connectivity index (χ0n) is 23.0. The highest BCUT2D eigenvalue weighted by Gasteiger charge is 2.28. The summed E-state index contributed by atoms with van der Waals surface area (Å²) >= 11 is 0. The monoisotopic (exact) mass is 497 g/mol. The van der Waals surface area contributed by atoms with E-state index in [1.165, 1.54) is 4.57 Å². The van der Waals surface area contributed by atoms with E-state index in [2.05, 4.69) is 38.3 Å². The third-order valence-electron chi connectivity index (χ3n) is 6.90. The lowest BCUT2D eigenvalue weighted by Gasteiger charge is -2.34. The number of rotatable bonds is 20. The lowest BCUT2D eigenvalue weighted by atomic mass is 9.93. The first-order chi connectivity index (χ1) is 16.6. The van der Waals surface area contributed by atoms with Crippen molar-refractivity contribution in [3.8, 4) is 11.8 Å². The topological polar surface area (TPSA) is 105 Å². The van der Waals surface area contributed by atoms with Crippen LogP contribution in [0.5, 0.6) is 11.8 Å². The molecule has 1 heterocycles. The number of nitrogens with one attached hydrogen (secondary N) is 2. The van der Waals surface area contributed by atoms with Crippen LogP contribution >= 0.6 is 0 Å². The maximum atomic E-state index is 12.0. The minimum atomic E-state index is -0.301. The molecule has 0 aromatic carbocycles. The summed E-state index contributed by atoms with van der Waals surface area (Å²) in [5.41, 5.74) is 0.0749. The zero-order chi connectivity index (χ0) is 26.3. The van der Waals surface area contributed by atoms with Gasteiger partial charge in [-0.25, -0.2) is 0 Å². The van der Waals surface area contributed by atoms with Gasteiger partial charge in [0.05, 0.1) is 31.0 Å². The standard InChI is InChI=1S/C27H51N3O5/c1-7-27(8-2,35-20-18-30-24(32)21-22(3)25(30)33)15-19-34-26(4,5)14-12-17-29-23(31)13-10-9-11-16-28-6/h21,28,32-33H,7-20H2,1-6H3,(H,29,31). The van der Waals surface area contributed by atoms with Crippen LogP contribution in [-0.2, 0) is 20.8 Å². The third-order valence-corrected chi connectivity index (χ3v) is 6.90. The highest BCUT2D eigenvalue weighted by molar-refractivity contribution is 5.75. The van der Waals surface area contributed by atoms with Crippen LogP contribution in [-0.4, -0.2) is 65.2 Å². The predicted octanol–water partition coefficient (Wildman–Crippen LogP) is 4.64. The number of carbonyl (C=O) groups is 1. The molecule has 1 rings (SSSR count). The summed E-state index contributed by atoms with van der Waals surface area (Å²) < 4.78 is 14.0. The molecule has 0 saturated carbocycles. The Morgan fingerprint density at radius 1 is 1.00 bits per heavy atom. The Morgan fingerprint density at radius 2 is 1.71 bits per heavy atom. The molecule has 0 atom stereocenters. The van der Waals surface area contributed by atoms with Crippen molar-refractivity contribution in [2.45, 2.75) is 110 Å². The molecule has 0 aliphatic heterocycles. The molecule has 0 bridgehead atoms. The fourth-order valence-electron chi connectivity index (χ4n) is 4.29. The Kier molecular flexibility index (Phi) is 14.4. The van der Waals surface area contributed by atoms with Gasteiger partial charge in [0.2, 0.25) is 5.91 Å². The first-order valence-electron chi connectivity index (χ1n) is 13.4. The largest absolute Gasteiger partial charge is 0.494 e. The average molecular weight is 498 g/mol. The SMILES string of the molecule is CCC(CC)(CCOC(C)(C)CCCNC(=O)CCCCCNC)OCCn1c(O)cc(C)c1O. The molecule has 0 spiro atoms. The van der Waals surface area contributed by atoms with Crippen LogP contribution in [0.4, 0.5) is 0 Å². The number of amides is 1. The normalized spacial score (nSPS) is 12.3. The molecular formula is C27H51N3O5. The van der Waals surface area contributed by atoms with E-state index >= 15 is 0 Å². The Labute approximate surface area is 212 Å². The summed E-state index contributed by atoms with van der Waals surface area (Å²) in [4.78, 5) is 12.0. The second-order valence-corrected chi connectivity index (χ2v) is 10.1. The van der Waals surface area contributed by atoms with E-state index in [0.29, 0.717) is 38.3 Å². The summed E-state index contributed by atoms with van der Waals surface area (Å²) in [7, 11) is 1.95. The fourth-order valence-corrected chi connectivity index (χ4v) is 4.29. The van der Waals surface area contributed by atoms with Gasteiger partial charge < -0.3 is 30.3 Å². The van der Waals surface area contributed by atoms with E-state index in [1.54, 1.807) is 13.0 Å². The molecule has 1 aromatic rings. The van der Waals surface area contributed by atoms with Crippen molar-refractivity contribution in [1.82, 2.24) is 15.2 Å². The van der Waals surface area contributed by atoms with Crippen molar-refractivity contribution in [3.63, 3.8) is 0 Å². The highest BCUT2D eigenvalue weighted by atomic mass is 16.5. The highest BCUT2D eigenvalue weighted by Crippen LogP contribution is 2.29. The minimum absolute atomic E-state index is 0.0491. The van der Waals surface area contributed by atoms with Crippen molar-refractivity contribution in [2.24, 2.45) is 0 Å². The van der Waals surface area contributed by atoms with Gasteiger partial charge >= 0.3 is 0 Å². The van der Waals surface area contributed by atoms with Gasteiger partial charge in [-0.2, -0.15) is 0 Å². The second-order valence-electron chi connectivity index (χ2n) is 10.1. The van der Waals surface area contributed by atoms with Crippen molar-refractivity contribution in [3.05, 3.63) is 11.6 Å². The van der Waals surface area contributed by atoms with Crippen LogP contribution in [0.3, 0.4) is 0 Å². The summed E-state index contributed by atoms with van der Waals surface area (Å²) in [6.45, 7) is 13.2. The number of unbranched alkanes of at least 4 members (excludes halogenated alkanes) is 2.